The van der Waals surface area contributed by atoms with Gasteiger partial charge in [-0.05, 0) is 53.3 Å². The number of nitrogens with one attached hydrogen (secondary N) is 1. The monoisotopic (exact) mass is 648 g/mol. The summed E-state index contributed by atoms with van der Waals surface area (Å²) in [6.07, 6.45) is -2.30. The van der Waals surface area contributed by atoms with Gasteiger partial charge in [0.05, 0.1) is 27.7 Å². The van der Waals surface area contributed by atoms with Crippen LogP contribution < -0.4 is 10.4 Å². The van der Waals surface area contributed by atoms with E-state index in [2.05, 4.69) is 15.4 Å². The maximum absolute atomic E-state index is 15.6. The molecule has 5 aromatic rings. The molecule has 3 heterocycles. The number of carbonyl (C=O) groups excluding carboxylic acids is 2. The highest BCUT2D eigenvalue weighted by molar-refractivity contribution is 7.14. The van der Waals surface area contributed by atoms with Gasteiger partial charge in [-0.3, -0.25) is 4.79 Å². The smallest absolute Gasteiger partial charge is 0.273 e. The second kappa shape index (κ2) is 11.5. The molecule has 0 radical (unpaired) electrons. The highest BCUT2D eigenvalue weighted by Crippen LogP contribution is 2.46. The molecule has 236 valence electrons. The number of carbonyl (C=O) groups is 2. The SMILES string of the molecule is O=C(N[C@@H]1[C@@H](N(CC2c3ccccc3-c3ccccc32)C(=O)[O-])CCCC1(F)F)c1cc(-c2cnc3cccnn23)c(C(F)F)s1. The molecule has 13 heteroatoms. The Kier molecular flexibility index (Phi) is 7.50. The number of aromatic nitrogens is 3. The van der Waals surface area contributed by atoms with E-state index in [1.165, 1.54) is 23.0 Å². The lowest BCUT2D eigenvalue weighted by molar-refractivity contribution is -0.270. The van der Waals surface area contributed by atoms with Crippen molar-refractivity contribution in [1.82, 2.24) is 24.8 Å². The van der Waals surface area contributed by atoms with Crippen LogP contribution in [0, 0.1) is 0 Å². The summed E-state index contributed by atoms with van der Waals surface area (Å²) in [5.41, 5.74) is 4.21. The number of halogens is 4. The molecular formula is C33H26F4N5O3S-. The Labute approximate surface area is 264 Å². The average Bonchev–Trinajstić information content (AvgIpc) is 3.75. The van der Waals surface area contributed by atoms with Crippen LogP contribution in [0.2, 0.25) is 0 Å². The summed E-state index contributed by atoms with van der Waals surface area (Å²) in [4.78, 5) is 30.6. The number of amides is 2. The maximum Gasteiger partial charge on any atom is 0.273 e. The molecule has 1 N–H and O–H groups in total. The molecule has 8 nitrogen and oxygen atoms in total. The van der Waals surface area contributed by atoms with Crippen LogP contribution in [-0.4, -0.2) is 56.0 Å². The van der Waals surface area contributed by atoms with Gasteiger partial charge < -0.3 is 20.1 Å². The number of thiophene rings is 1. The fourth-order valence-corrected chi connectivity index (χ4v) is 7.72. The lowest BCUT2D eigenvalue weighted by atomic mass is 9.84. The lowest BCUT2D eigenvalue weighted by Gasteiger charge is -2.45. The second-order valence-corrected chi connectivity index (χ2v) is 12.5. The minimum Gasteiger partial charge on any atom is -0.530 e. The third-order valence-corrected chi connectivity index (χ3v) is 9.99. The maximum atomic E-state index is 15.6. The zero-order chi connectivity index (χ0) is 32.2. The summed E-state index contributed by atoms with van der Waals surface area (Å²) in [5, 5.41) is 19.1. The van der Waals surface area contributed by atoms with Crippen molar-refractivity contribution in [2.24, 2.45) is 0 Å². The number of benzene rings is 2. The first-order valence-corrected chi connectivity index (χ1v) is 15.5. The third kappa shape index (κ3) is 5.08. The summed E-state index contributed by atoms with van der Waals surface area (Å²) in [6, 6.07) is 16.3. The Morgan fingerprint density at radius 3 is 2.41 bits per heavy atom. The summed E-state index contributed by atoms with van der Waals surface area (Å²) in [7, 11) is 0. The van der Waals surface area contributed by atoms with Crippen LogP contribution in [0.5, 0.6) is 0 Å². The Balaban J connectivity index is 1.21. The molecule has 0 spiro atoms. The van der Waals surface area contributed by atoms with E-state index in [0.29, 0.717) is 17.0 Å². The summed E-state index contributed by atoms with van der Waals surface area (Å²) in [5.74, 6) is -4.93. The van der Waals surface area contributed by atoms with Crippen LogP contribution in [-0.2, 0) is 0 Å². The van der Waals surface area contributed by atoms with Crippen molar-refractivity contribution in [3.8, 4) is 22.4 Å². The molecule has 2 aliphatic carbocycles. The molecule has 2 aromatic carbocycles. The predicted molar refractivity (Wildman–Crippen MR) is 161 cm³/mol. The normalized spacial score (nSPS) is 18.8. The molecule has 2 amide bonds. The number of carboxylic acid groups (broad SMARTS) is 1. The first-order chi connectivity index (χ1) is 22.1. The van der Waals surface area contributed by atoms with Crippen LogP contribution in [0.25, 0.3) is 28.0 Å². The van der Waals surface area contributed by atoms with Gasteiger partial charge in [0.15, 0.2) is 5.65 Å². The van der Waals surface area contributed by atoms with Crippen molar-refractivity contribution in [1.29, 1.82) is 0 Å². The molecule has 0 aliphatic heterocycles. The van der Waals surface area contributed by atoms with Gasteiger partial charge in [-0.1, -0.05) is 48.5 Å². The molecule has 1 fully saturated rings. The van der Waals surface area contributed by atoms with Crippen molar-refractivity contribution in [2.75, 3.05) is 6.54 Å². The highest BCUT2D eigenvalue weighted by atomic mass is 32.1. The summed E-state index contributed by atoms with van der Waals surface area (Å²) in [6.45, 7) is -0.163. The fraction of sp³-hybridized carbons (Fsp3) is 0.273. The topological polar surface area (TPSA) is 103 Å². The standard InChI is InChI=1S/C33H27F4N5O3S/c34-30(35)28-22(25-16-38-27-12-6-14-39-42(25)27)15-26(46-28)31(43)40-29-24(11-5-13-33(29,36)37)41(32(44)45)17-23-20-9-3-1-7-18(20)19-8-2-4-10-21(19)23/h1-4,6-10,12,14-16,23-24,29-30H,5,11,13,17H2,(H,40,43)(H,44,45)/p-1/t24-,29+/m0/s1. The van der Waals surface area contributed by atoms with Crippen molar-refractivity contribution >= 4 is 29.0 Å². The van der Waals surface area contributed by atoms with Crippen molar-refractivity contribution in [2.45, 2.75) is 49.6 Å². The van der Waals surface area contributed by atoms with Crippen LogP contribution >= 0.6 is 11.3 Å². The van der Waals surface area contributed by atoms with Gasteiger partial charge in [0.2, 0.25) is 0 Å². The molecule has 3 aromatic heterocycles. The number of alkyl halides is 4. The average molecular weight is 649 g/mol. The molecule has 0 unspecified atom stereocenters. The largest absolute Gasteiger partial charge is 0.530 e. The zero-order valence-electron chi connectivity index (χ0n) is 24.1. The first kappa shape index (κ1) is 29.9. The zero-order valence-corrected chi connectivity index (χ0v) is 24.9. The fourth-order valence-electron chi connectivity index (χ4n) is 6.79. The molecular weight excluding hydrogens is 622 g/mol. The van der Waals surface area contributed by atoms with Gasteiger partial charge in [-0.2, -0.15) is 5.10 Å². The van der Waals surface area contributed by atoms with Crippen molar-refractivity contribution in [3.63, 3.8) is 0 Å². The summed E-state index contributed by atoms with van der Waals surface area (Å²) < 4.78 is 60.9. The Morgan fingerprint density at radius 1 is 1.04 bits per heavy atom. The van der Waals surface area contributed by atoms with Gasteiger partial charge in [0.25, 0.3) is 18.3 Å². The molecule has 2 aliphatic rings. The van der Waals surface area contributed by atoms with Gasteiger partial charge in [-0.25, -0.2) is 27.1 Å². The van der Waals surface area contributed by atoms with E-state index in [1.807, 2.05) is 48.5 Å². The molecule has 2 atom stereocenters. The van der Waals surface area contributed by atoms with E-state index in [-0.39, 0.29) is 35.5 Å². The van der Waals surface area contributed by atoms with Gasteiger partial charge in [0, 0.05) is 30.6 Å². The summed E-state index contributed by atoms with van der Waals surface area (Å²) >= 11 is 0.480. The van der Waals surface area contributed by atoms with Crippen LogP contribution in [0.4, 0.5) is 22.4 Å². The van der Waals surface area contributed by atoms with Crippen molar-refractivity contribution < 1.29 is 32.3 Å². The molecule has 0 bridgehead atoms. The second-order valence-electron chi connectivity index (χ2n) is 11.4. The van der Waals surface area contributed by atoms with Crippen LogP contribution in [0.15, 0.2) is 79.1 Å². The van der Waals surface area contributed by atoms with E-state index < -0.39 is 53.6 Å². The Bertz CT molecular complexity index is 1910. The minimum absolute atomic E-state index is 0.00164. The van der Waals surface area contributed by atoms with Crippen LogP contribution in [0.3, 0.4) is 0 Å². The van der Waals surface area contributed by atoms with Gasteiger partial charge >= 0.3 is 0 Å². The number of nitrogens with zero attached hydrogens (tertiary/aromatic N) is 4. The third-order valence-electron chi connectivity index (χ3n) is 8.85. The number of hydrogen-bond donors (Lipinski definition) is 1. The van der Waals surface area contributed by atoms with E-state index >= 15 is 8.78 Å². The number of fused-ring (bicyclic) bond motifs is 4. The van der Waals surface area contributed by atoms with Gasteiger partial charge in [0.1, 0.15) is 12.1 Å². The first-order valence-electron chi connectivity index (χ1n) is 14.7. The number of imidazole rings is 1. The number of rotatable bonds is 7. The van der Waals surface area contributed by atoms with Gasteiger partial charge in [-0.15, -0.1) is 11.3 Å². The molecule has 7 rings (SSSR count). The quantitative estimate of drug-likeness (QED) is 0.214. The van der Waals surface area contributed by atoms with Crippen molar-refractivity contribution in [3.05, 3.63) is 100 Å². The highest BCUT2D eigenvalue weighted by Gasteiger charge is 2.50. The lowest BCUT2D eigenvalue weighted by Crippen LogP contribution is -2.64. The Morgan fingerprint density at radius 2 is 1.74 bits per heavy atom. The molecule has 46 heavy (non-hydrogen) atoms. The van der Waals surface area contributed by atoms with E-state index in [1.54, 1.807) is 12.1 Å². The van der Waals surface area contributed by atoms with Crippen LogP contribution in [0.1, 0.15) is 57.3 Å². The number of hydrogen-bond acceptors (Lipinski definition) is 6. The van der Waals surface area contributed by atoms with E-state index in [9.17, 15) is 23.5 Å². The minimum atomic E-state index is -3.48. The molecule has 0 saturated heterocycles. The van der Waals surface area contributed by atoms with E-state index in [4.69, 9.17) is 0 Å². The molecule has 1 saturated carbocycles. The predicted octanol–water partition coefficient (Wildman–Crippen LogP) is 6.14. The van der Waals surface area contributed by atoms with E-state index in [0.717, 1.165) is 27.2 Å². The Hall–Kier alpha value is -4.78.